The molecule has 1 aromatic carbocycles. The summed E-state index contributed by atoms with van der Waals surface area (Å²) >= 11 is 2.70. The van der Waals surface area contributed by atoms with Gasteiger partial charge in [-0.3, -0.25) is 9.59 Å². The summed E-state index contributed by atoms with van der Waals surface area (Å²) in [5, 5.41) is 25.6. The number of anilines is 3. The first-order valence-corrected chi connectivity index (χ1v) is 15.6. The third-order valence-electron chi connectivity index (χ3n) is 7.81. The number of carbonyl (C=O) groups is 2. The van der Waals surface area contributed by atoms with Gasteiger partial charge in [0, 0.05) is 45.7 Å². The van der Waals surface area contributed by atoms with Crippen LogP contribution < -0.4 is 9.80 Å². The van der Waals surface area contributed by atoms with E-state index in [0.717, 1.165) is 16.6 Å². The first-order valence-electron chi connectivity index (χ1n) is 13.9. The van der Waals surface area contributed by atoms with Gasteiger partial charge in [-0.05, 0) is 37.1 Å². The lowest BCUT2D eigenvalue weighted by molar-refractivity contribution is -0.147. The predicted molar refractivity (Wildman–Crippen MR) is 161 cm³/mol. The topological polar surface area (TPSA) is 134 Å². The smallest absolute Gasteiger partial charge is 0.242 e. The van der Waals surface area contributed by atoms with Crippen LogP contribution in [-0.2, 0) is 16.0 Å². The fourth-order valence-corrected chi connectivity index (χ4v) is 7.26. The lowest BCUT2D eigenvalue weighted by Gasteiger charge is -2.38. The molecule has 5 heterocycles. The number of hydrogen-bond acceptors (Lipinski definition) is 11. The van der Waals surface area contributed by atoms with Gasteiger partial charge in [-0.1, -0.05) is 29.6 Å². The Morgan fingerprint density at radius 3 is 2.58 bits per heavy atom. The molecule has 0 aliphatic carbocycles. The largest absolute Gasteiger partial charge is 0.389 e. The molecule has 0 saturated carbocycles. The van der Waals surface area contributed by atoms with Crippen LogP contribution in [0.25, 0.3) is 16.2 Å². The maximum Gasteiger partial charge on any atom is 0.242 e. The highest BCUT2D eigenvalue weighted by Crippen LogP contribution is 2.38. The van der Waals surface area contributed by atoms with Crippen molar-refractivity contribution in [1.82, 2.24) is 29.4 Å². The van der Waals surface area contributed by atoms with Crippen molar-refractivity contribution in [2.45, 2.75) is 38.8 Å². The molecular weight excluding hydrogens is 594 g/mol. The van der Waals surface area contributed by atoms with E-state index in [0.29, 0.717) is 65.2 Å². The van der Waals surface area contributed by atoms with E-state index in [1.165, 1.54) is 41.7 Å². The highest BCUT2D eigenvalue weighted by molar-refractivity contribution is 7.20. The van der Waals surface area contributed by atoms with Gasteiger partial charge in [0.15, 0.2) is 10.9 Å². The minimum atomic E-state index is -0.487. The average Bonchev–Trinajstić information content (AvgIpc) is 3.76. The molecule has 2 aliphatic rings. The normalized spacial score (nSPS) is 16.9. The number of benzene rings is 1. The molecule has 0 radical (unpaired) electrons. The summed E-state index contributed by atoms with van der Waals surface area (Å²) < 4.78 is 15.3. The zero-order valence-electron chi connectivity index (χ0n) is 23.9. The van der Waals surface area contributed by atoms with Crippen LogP contribution in [0.4, 0.5) is 20.5 Å². The number of hydrogen-bond donors (Lipinski definition) is 1. The Bertz CT molecular complexity index is 1720. The van der Waals surface area contributed by atoms with Gasteiger partial charge >= 0.3 is 0 Å². The Balaban J connectivity index is 1.24. The van der Waals surface area contributed by atoms with Crippen LogP contribution in [0.15, 0.2) is 24.3 Å². The number of aliphatic hydroxyl groups is 1. The molecule has 224 valence electrons. The molecule has 0 spiro atoms. The number of β-amino-alcohol motifs (C(OH)–C–C–N with tert-alkyl or cyclic N) is 1. The van der Waals surface area contributed by atoms with E-state index in [9.17, 15) is 24.3 Å². The van der Waals surface area contributed by atoms with Gasteiger partial charge in [0.25, 0.3) is 0 Å². The summed E-state index contributed by atoms with van der Waals surface area (Å²) in [7, 11) is 1.86. The standard InChI is InChI=1S/C28H30FN9O3S2/c1-4-21-25(34(3)26-32-24(22(11-30)42-26)17-5-7-18(29)8-6-17)38-27(31-21)43-28(33-38)35-10-9-19(12-35)37(16(2)39)15-23(41)36-13-20(40)14-36/h5-8,19-20,40H,4,9-10,12-15H2,1-3H3/t19-/m1/s1. The fraction of sp³-hybridized carbons (Fsp3) is 0.429. The van der Waals surface area contributed by atoms with Gasteiger partial charge in [0.2, 0.25) is 21.9 Å². The molecule has 6 rings (SSSR count). The van der Waals surface area contributed by atoms with Crippen molar-refractivity contribution in [3.05, 3.63) is 40.7 Å². The number of imidazole rings is 1. The summed E-state index contributed by atoms with van der Waals surface area (Å²) in [6, 6.07) is 7.99. The maximum absolute atomic E-state index is 13.5. The Kier molecular flexibility index (Phi) is 7.75. The van der Waals surface area contributed by atoms with Crippen LogP contribution in [0.3, 0.4) is 0 Å². The quantitative estimate of drug-likeness (QED) is 0.315. The van der Waals surface area contributed by atoms with Crippen LogP contribution in [0.5, 0.6) is 0 Å². The van der Waals surface area contributed by atoms with Gasteiger partial charge in [-0.2, -0.15) is 9.78 Å². The molecule has 2 amide bonds. The van der Waals surface area contributed by atoms with E-state index in [4.69, 9.17) is 15.1 Å². The van der Waals surface area contributed by atoms with Crippen molar-refractivity contribution in [2.24, 2.45) is 0 Å². The maximum atomic E-state index is 13.5. The average molecular weight is 624 g/mol. The highest BCUT2D eigenvalue weighted by Gasteiger charge is 2.36. The Hall–Kier alpha value is -4.13. The first-order chi connectivity index (χ1) is 20.7. The number of carbonyl (C=O) groups excluding carboxylic acids is 2. The van der Waals surface area contributed by atoms with Gasteiger partial charge in [-0.15, -0.1) is 5.10 Å². The van der Waals surface area contributed by atoms with Crippen LogP contribution in [-0.4, -0.2) is 98.2 Å². The van der Waals surface area contributed by atoms with Crippen molar-refractivity contribution >= 4 is 55.5 Å². The van der Waals surface area contributed by atoms with Crippen molar-refractivity contribution in [3.8, 4) is 17.3 Å². The van der Waals surface area contributed by atoms with E-state index in [1.54, 1.807) is 26.4 Å². The predicted octanol–water partition coefficient (Wildman–Crippen LogP) is 2.89. The van der Waals surface area contributed by atoms with Crippen molar-refractivity contribution < 1.29 is 19.1 Å². The number of halogens is 1. The molecule has 43 heavy (non-hydrogen) atoms. The van der Waals surface area contributed by atoms with E-state index in [-0.39, 0.29) is 30.2 Å². The molecule has 4 aromatic rings. The van der Waals surface area contributed by atoms with E-state index < -0.39 is 6.10 Å². The molecular formula is C28H30FN9O3S2. The summed E-state index contributed by atoms with van der Waals surface area (Å²) in [6.07, 6.45) is 0.874. The molecule has 3 aromatic heterocycles. The second-order valence-corrected chi connectivity index (χ2v) is 12.6. The van der Waals surface area contributed by atoms with E-state index in [2.05, 4.69) is 11.0 Å². The number of nitrogens with zero attached hydrogens (tertiary/aromatic N) is 9. The molecule has 12 nitrogen and oxygen atoms in total. The number of fused-ring (bicyclic) bond motifs is 1. The lowest BCUT2D eigenvalue weighted by Crippen LogP contribution is -2.57. The minimum absolute atomic E-state index is 0.00500. The van der Waals surface area contributed by atoms with Gasteiger partial charge in [-0.25, -0.2) is 14.4 Å². The Morgan fingerprint density at radius 1 is 1.19 bits per heavy atom. The molecule has 0 unspecified atom stereocenters. The molecule has 0 bridgehead atoms. The second kappa shape index (κ2) is 11.5. The zero-order chi connectivity index (χ0) is 30.4. The van der Waals surface area contributed by atoms with Crippen molar-refractivity contribution in [2.75, 3.05) is 49.6 Å². The number of rotatable bonds is 8. The highest BCUT2D eigenvalue weighted by atomic mass is 32.1. The van der Waals surface area contributed by atoms with Crippen molar-refractivity contribution in [1.29, 1.82) is 5.26 Å². The Morgan fingerprint density at radius 2 is 1.93 bits per heavy atom. The van der Waals surface area contributed by atoms with Gasteiger partial charge in [0.1, 0.15) is 29.0 Å². The molecule has 1 N–H and O–H groups in total. The number of likely N-dealkylation sites (tertiary alicyclic amines) is 1. The SMILES string of the molecule is CCc1nc2sc(N3CC[C@@H](N(CC(=O)N4CC(O)C4)C(C)=O)C3)nn2c1N(C)c1nc(-c2ccc(F)cc2)c(C#N)s1. The number of amides is 2. The first kappa shape index (κ1) is 29.0. The Labute approximate surface area is 255 Å². The minimum Gasteiger partial charge on any atom is -0.389 e. The van der Waals surface area contributed by atoms with Crippen molar-refractivity contribution in [3.63, 3.8) is 0 Å². The number of aliphatic hydroxyl groups excluding tert-OH is 1. The third-order valence-corrected chi connectivity index (χ3v) is 9.82. The zero-order valence-corrected chi connectivity index (χ0v) is 25.5. The summed E-state index contributed by atoms with van der Waals surface area (Å²) in [6.45, 7) is 5.32. The van der Waals surface area contributed by atoms with Crippen LogP contribution in [0.1, 0.15) is 30.8 Å². The fourth-order valence-electron chi connectivity index (χ4n) is 5.46. The number of aromatic nitrogens is 4. The summed E-state index contributed by atoms with van der Waals surface area (Å²) in [5.41, 5.74) is 1.99. The monoisotopic (exact) mass is 623 g/mol. The number of aryl methyl sites for hydroxylation is 1. The van der Waals surface area contributed by atoms with Crippen LogP contribution >= 0.6 is 22.7 Å². The van der Waals surface area contributed by atoms with Gasteiger partial charge in [0.05, 0.1) is 17.8 Å². The summed E-state index contributed by atoms with van der Waals surface area (Å²) in [4.78, 5) is 43.0. The third kappa shape index (κ3) is 5.41. The van der Waals surface area contributed by atoms with Crippen LogP contribution in [0, 0.1) is 17.1 Å². The lowest BCUT2D eigenvalue weighted by atomic mass is 10.1. The summed E-state index contributed by atoms with van der Waals surface area (Å²) in [5.74, 6) is 0.0673. The van der Waals surface area contributed by atoms with E-state index in [1.807, 2.05) is 18.9 Å². The second-order valence-electron chi connectivity index (χ2n) is 10.7. The number of nitriles is 1. The van der Waals surface area contributed by atoms with E-state index >= 15 is 0 Å². The molecule has 15 heteroatoms. The molecule has 2 fully saturated rings. The number of thiazole rings is 1. The van der Waals surface area contributed by atoms with Crippen LogP contribution in [0.2, 0.25) is 0 Å². The molecule has 2 aliphatic heterocycles. The van der Waals surface area contributed by atoms with Gasteiger partial charge < -0.3 is 24.7 Å². The molecule has 2 saturated heterocycles. The molecule has 1 atom stereocenters.